The first kappa shape index (κ1) is 29.0. The lowest BCUT2D eigenvalue weighted by Gasteiger charge is -2.30. The molecule has 12 heteroatoms. The number of hydrogen-bond donors (Lipinski definition) is 4. The minimum Gasteiger partial charge on any atom is -0.462 e. The fraction of sp³-hybridized carbons (Fsp3) is 0.375. The van der Waals surface area contributed by atoms with Crippen LogP contribution in [-0.4, -0.2) is 49.4 Å². The summed E-state index contributed by atoms with van der Waals surface area (Å²) in [6.45, 7) is 8.03. The lowest BCUT2D eigenvalue weighted by molar-refractivity contribution is 0.0498. The van der Waals surface area contributed by atoms with Crippen molar-refractivity contribution in [3.05, 3.63) is 59.7 Å². The number of nitrogens with one attached hydrogen (secondary N) is 3. The number of benzene rings is 2. The van der Waals surface area contributed by atoms with Crippen LogP contribution in [0.5, 0.6) is 0 Å². The molecule has 0 heterocycles. The number of hydrogen-bond acceptors (Lipinski definition) is 7. The maximum Gasteiger partial charge on any atom is 0.338 e. The third kappa shape index (κ3) is 9.08. The monoisotopic (exact) mass is 536 g/mol. The number of amides is 4. The Kier molecular flexibility index (Phi) is 10.2. The molecule has 196 valence electrons. The average molecular weight is 537 g/mol. The second-order valence-electron chi connectivity index (χ2n) is 9.01. The zero-order valence-corrected chi connectivity index (χ0v) is 22.4. The van der Waals surface area contributed by atoms with Crippen molar-refractivity contribution in [3.8, 4) is 0 Å². The van der Waals surface area contributed by atoms with Gasteiger partial charge in [0.05, 0.1) is 17.1 Å². The van der Waals surface area contributed by atoms with E-state index in [1.54, 1.807) is 12.1 Å². The third-order valence-electron chi connectivity index (χ3n) is 4.85. The van der Waals surface area contributed by atoms with Crippen molar-refractivity contribution in [3.63, 3.8) is 0 Å². The van der Waals surface area contributed by atoms with Crippen molar-refractivity contribution in [1.82, 2.24) is 14.3 Å². The minimum absolute atomic E-state index is 0.0303. The molecular weight excluding hydrogens is 504 g/mol. The van der Waals surface area contributed by atoms with E-state index in [1.165, 1.54) is 40.7 Å². The van der Waals surface area contributed by atoms with Crippen molar-refractivity contribution >= 4 is 46.6 Å². The van der Waals surface area contributed by atoms with Crippen LogP contribution in [0.2, 0.25) is 0 Å². The summed E-state index contributed by atoms with van der Waals surface area (Å²) >= 11 is 4.18. The number of thiol groups is 1. The van der Waals surface area contributed by atoms with E-state index in [1.807, 2.05) is 32.4 Å². The van der Waals surface area contributed by atoms with Crippen LogP contribution in [0.15, 0.2) is 53.4 Å². The van der Waals surface area contributed by atoms with E-state index < -0.39 is 27.6 Å². The van der Waals surface area contributed by atoms with Gasteiger partial charge in [-0.2, -0.15) is 0 Å². The number of aryl methyl sites for hydroxylation is 1. The van der Waals surface area contributed by atoms with E-state index >= 15 is 0 Å². The molecule has 0 aliphatic heterocycles. The van der Waals surface area contributed by atoms with Crippen LogP contribution in [0.4, 0.5) is 15.3 Å². The summed E-state index contributed by atoms with van der Waals surface area (Å²) in [5, 5.41) is 5.16. The molecule has 2 aromatic rings. The van der Waals surface area contributed by atoms with E-state index in [0.717, 1.165) is 5.56 Å². The van der Waals surface area contributed by atoms with Gasteiger partial charge in [0, 0.05) is 17.8 Å². The SMILES string of the molecule is Cc1ccc(S(=O)(=O)NC(=O)Nc2ccc(C(=O)OCCCCNC(=O)N(S)C(C)(C)C)cc2)cc1. The van der Waals surface area contributed by atoms with Crippen LogP contribution in [-0.2, 0) is 14.8 Å². The van der Waals surface area contributed by atoms with E-state index in [9.17, 15) is 22.8 Å². The first-order chi connectivity index (χ1) is 16.8. The van der Waals surface area contributed by atoms with Gasteiger partial charge in [-0.3, -0.25) is 4.31 Å². The molecule has 3 N–H and O–H groups in total. The summed E-state index contributed by atoms with van der Waals surface area (Å²) in [5.41, 5.74) is 1.06. The van der Waals surface area contributed by atoms with Gasteiger partial charge in [-0.1, -0.05) is 30.5 Å². The molecule has 2 rings (SSSR count). The summed E-state index contributed by atoms with van der Waals surface area (Å²) in [6.07, 6.45) is 1.18. The highest BCUT2D eigenvalue weighted by Gasteiger charge is 2.23. The number of rotatable bonds is 9. The summed E-state index contributed by atoms with van der Waals surface area (Å²) < 4.78 is 33.1. The molecule has 0 saturated carbocycles. The lowest BCUT2D eigenvalue weighted by Crippen LogP contribution is -2.44. The maximum absolute atomic E-state index is 12.3. The molecule has 0 atom stereocenters. The second-order valence-corrected chi connectivity index (χ2v) is 11.1. The number of carbonyl (C=O) groups is 3. The number of ether oxygens (including phenoxy) is 1. The topological polar surface area (TPSA) is 134 Å². The van der Waals surface area contributed by atoms with Crippen LogP contribution < -0.4 is 15.4 Å². The van der Waals surface area contributed by atoms with Gasteiger partial charge in [0.2, 0.25) is 0 Å². The molecule has 10 nitrogen and oxygen atoms in total. The van der Waals surface area contributed by atoms with E-state index in [-0.39, 0.29) is 23.1 Å². The van der Waals surface area contributed by atoms with Gasteiger partial charge in [-0.25, -0.2) is 27.5 Å². The largest absolute Gasteiger partial charge is 0.462 e. The Morgan fingerprint density at radius 3 is 2.17 bits per heavy atom. The molecular formula is C24H32N4O6S2. The molecule has 2 aromatic carbocycles. The number of sulfonamides is 1. The van der Waals surface area contributed by atoms with E-state index in [2.05, 4.69) is 23.4 Å². The van der Waals surface area contributed by atoms with Gasteiger partial charge in [-0.15, -0.1) is 0 Å². The van der Waals surface area contributed by atoms with Crippen molar-refractivity contribution < 1.29 is 27.5 Å². The molecule has 0 unspecified atom stereocenters. The van der Waals surface area contributed by atoms with Gasteiger partial charge in [0.15, 0.2) is 0 Å². The molecule has 0 saturated heterocycles. The molecule has 36 heavy (non-hydrogen) atoms. The summed E-state index contributed by atoms with van der Waals surface area (Å²) in [7, 11) is -4.02. The molecule has 0 fully saturated rings. The smallest absolute Gasteiger partial charge is 0.338 e. The Labute approximate surface area is 217 Å². The Bertz CT molecular complexity index is 1160. The van der Waals surface area contributed by atoms with Gasteiger partial charge >= 0.3 is 18.0 Å². The number of anilines is 1. The molecule has 0 bridgehead atoms. The Balaban J connectivity index is 1.74. The Hall–Kier alpha value is -3.25. The van der Waals surface area contributed by atoms with Crippen molar-refractivity contribution in [2.45, 2.75) is 51.0 Å². The highest BCUT2D eigenvalue weighted by Crippen LogP contribution is 2.15. The molecule has 0 aliphatic carbocycles. The van der Waals surface area contributed by atoms with Crippen molar-refractivity contribution in [1.29, 1.82) is 0 Å². The first-order valence-corrected chi connectivity index (χ1v) is 13.1. The zero-order valence-electron chi connectivity index (χ0n) is 20.7. The van der Waals surface area contributed by atoms with Gasteiger partial charge in [0.25, 0.3) is 10.0 Å². The normalized spacial score (nSPS) is 11.4. The lowest BCUT2D eigenvalue weighted by atomic mass is 10.1. The van der Waals surface area contributed by atoms with Gasteiger partial charge in [-0.05, 0) is 76.9 Å². The predicted molar refractivity (Wildman–Crippen MR) is 140 cm³/mol. The fourth-order valence-electron chi connectivity index (χ4n) is 2.79. The standard InChI is InChI=1S/C24H32N4O6S2/c1-17-7-13-20(14-8-17)36(32,33)27-22(30)26-19-11-9-18(10-12-19)21(29)34-16-6-5-15-25-23(31)28(35)24(2,3)4/h7-14,35H,5-6,15-16H2,1-4H3,(H,25,31)(H2,26,27,30). The van der Waals surface area contributed by atoms with Crippen LogP contribution >= 0.6 is 12.8 Å². The predicted octanol–water partition coefficient (Wildman–Crippen LogP) is 4.10. The average Bonchev–Trinajstić information content (AvgIpc) is 2.80. The second kappa shape index (κ2) is 12.6. The van der Waals surface area contributed by atoms with Crippen molar-refractivity contribution in [2.24, 2.45) is 0 Å². The molecule has 0 aromatic heterocycles. The van der Waals surface area contributed by atoms with Crippen LogP contribution in [0, 0.1) is 6.92 Å². The van der Waals surface area contributed by atoms with Crippen LogP contribution in [0.25, 0.3) is 0 Å². The van der Waals surface area contributed by atoms with E-state index in [0.29, 0.717) is 25.1 Å². The number of carbonyl (C=O) groups excluding carboxylic acids is 3. The molecule has 4 amide bonds. The minimum atomic E-state index is -4.02. The van der Waals surface area contributed by atoms with Crippen molar-refractivity contribution in [2.75, 3.05) is 18.5 Å². The van der Waals surface area contributed by atoms with Crippen LogP contribution in [0.3, 0.4) is 0 Å². The van der Waals surface area contributed by atoms with Crippen LogP contribution in [0.1, 0.15) is 49.5 Å². The number of urea groups is 2. The highest BCUT2D eigenvalue weighted by atomic mass is 32.2. The van der Waals surface area contributed by atoms with Gasteiger partial charge in [0.1, 0.15) is 0 Å². The zero-order chi connectivity index (χ0) is 26.9. The first-order valence-electron chi connectivity index (χ1n) is 11.2. The Morgan fingerprint density at radius 1 is 0.972 bits per heavy atom. The Morgan fingerprint density at radius 2 is 1.58 bits per heavy atom. The molecule has 0 aliphatic rings. The molecule has 0 radical (unpaired) electrons. The fourth-order valence-corrected chi connectivity index (χ4v) is 3.77. The third-order valence-corrected chi connectivity index (χ3v) is 6.97. The van der Waals surface area contributed by atoms with E-state index in [4.69, 9.17) is 4.74 Å². The summed E-state index contributed by atoms with van der Waals surface area (Å²) in [4.78, 5) is 36.2. The summed E-state index contributed by atoms with van der Waals surface area (Å²) in [5.74, 6) is -0.536. The number of nitrogens with zero attached hydrogens (tertiary/aromatic N) is 1. The quantitative estimate of drug-likeness (QED) is 0.217. The molecule has 0 spiro atoms. The number of esters is 1. The van der Waals surface area contributed by atoms with Gasteiger partial charge < -0.3 is 15.4 Å². The highest BCUT2D eigenvalue weighted by molar-refractivity contribution is 7.90. The number of unbranched alkanes of at least 4 members (excludes halogenated alkanes) is 1. The summed E-state index contributed by atoms with van der Waals surface area (Å²) in [6, 6.07) is 10.7. The maximum atomic E-state index is 12.3.